The molecule has 134 valence electrons. The number of hydrogen-bond acceptors (Lipinski definition) is 4. The van der Waals surface area contributed by atoms with Crippen LogP contribution in [0.1, 0.15) is 21.5 Å². The molecule has 6 heteroatoms. The predicted octanol–water partition coefficient (Wildman–Crippen LogP) is 4.29. The number of amides is 1. The SMILES string of the molecule is Cc1cc(C)cc(NC(=O)c2cnc3scc(-c4ccccc4)n3c2=O)c1. The van der Waals surface area contributed by atoms with Crippen molar-refractivity contribution in [2.45, 2.75) is 13.8 Å². The van der Waals surface area contributed by atoms with Crippen molar-refractivity contribution in [1.82, 2.24) is 9.38 Å². The maximum absolute atomic E-state index is 13.0. The summed E-state index contributed by atoms with van der Waals surface area (Å²) < 4.78 is 1.50. The lowest BCUT2D eigenvalue weighted by atomic mass is 10.1. The number of anilines is 1. The van der Waals surface area contributed by atoms with Crippen molar-refractivity contribution >= 4 is 27.9 Å². The van der Waals surface area contributed by atoms with Crippen LogP contribution in [0.15, 0.2) is 64.9 Å². The van der Waals surface area contributed by atoms with E-state index in [1.807, 2.05) is 67.8 Å². The van der Waals surface area contributed by atoms with Crippen molar-refractivity contribution in [3.8, 4) is 11.3 Å². The molecule has 1 amide bonds. The third-order valence-corrected chi connectivity index (χ3v) is 5.08. The van der Waals surface area contributed by atoms with Gasteiger partial charge < -0.3 is 5.32 Å². The predicted molar refractivity (Wildman–Crippen MR) is 109 cm³/mol. The molecule has 2 heterocycles. The van der Waals surface area contributed by atoms with Crippen LogP contribution in [0.25, 0.3) is 16.2 Å². The second kappa shape index (κ2) is 6.81. The maximum atomic E-state index is 13.0. The Bertz CT molecular complexity index is 1190. The molecule has 0 spiro atoms. The fourth-order valence-electron chi connectivity index (χ4n) is 3.10. The van der Waals surface area contributed by atoms with Crippen LogP contribution in [0, 0.1) is 13.8 Å². The highest BCUT2D eigenvalue weighted by Gasteiger charge is 2.17. The van der Waals surface area contributed by atoms with Gasteiger partial charge in [0.15, 0.2) is 4.96 Å². The summed E-state index contributed by atoms with van der Waals surface area (Å²) in [6.45, 7) is 3.92. The first-order chi connectivity index (χ1) is 13.0. The Morgan fingerprint density at radius 3 is 2.48 bits per heavy atom. The van der Waals surface area contributed by atoms with E-state index in [4.69, 9.17) is 0 Å². The Kier molecular flexibility index (Phi) is 4.33. The molecule has 2 aromatic carbocycles. The highest BCUT2D eigenvalue weighted by atomic mass is 32.1. The summed E-state index contributed by atoms with van der Waals surface area (Å²) in [4.78, 5) is 30.6. The number of aromatic nitrogens is 2. The third kappa shape index (κ3) is 3.27. The van der Waals surface area contributed by atoms with Gasteiger partial charge in [-0.3, -0.25) is 14.0 Å². The molecule has 0 unspecified atom stereocenters. The molecule has 0 aliphatic heterocycles. The fourth-order valence-corrected chi connectivity index (χ4v) is 3.96. The van der Waals surface area contributed by atoms with Crippen molar-refractivity contribution in [1.29, 1.82) is 0 Å². The second-order valence-corrected chi connectivity index (χ2v) is 7.25. The minimum absolute atomic E-state index is 0.0160. The lowest BCUT2D eigenvalue weighted by Gasteiger charge is -2.08. The van der Waals surface area contributed by atoms with Gasteiger partial charge in [-0.15, -0.1) is 11.3 Å². The maximum Gasteiger partial charge on any atom is 0.271 e. The number of rotatable bonds is 3. The molecule has 4 rings (SSSR count). The number of hydrogen-bond donors (Lipinski definition) is 1. The Labute approximate surface area is 160 Å². The van der Waals surface area contributed by atoms with Crippen molar-refractivity contribution in [3.05, 3.63) is 87.2 Å². The number of benzene rings is 2. The average molecular weight is 375 g/mol. The average Bonchev–Trinajstić information content (AvgIpc) is 3.07. The minimum Gasteiger partial charge on any atom is -0.322 e. The van der Waals surface area contributed by atoms with E-state index >= 15 is 0 Å². The van der Waals surface area contributed by atoms with Crippen LogP contribution in [0.2, 0.25) is 0 Å². The van der Waals surface area contributed by atoms with Crippen LogP contribution in [0.4, 0.5) is 5.69 Å². The van der Waals surface area contributed by atoms with Gasteiger partial charge >= 0.3 is 0 Å². The molecule has 1 N–H and O–H groups in total. The normalized spacial score (nSPS) is 10.9. The summed E-state index contributed by atoms with van der Waals surface area (Å²) >= 11 is 1.37. The number of aryl methyl sites for hydroxylation is 2. The monoisotopic (exact) mass is 375 g/mol. The molecule has 0 aliphatic carbocycles. The van der Waals surface area contributed by atoms with Crippen LogP contribution in [0.3, 0.4) is 0 Å². The van der Waals surface area contributed by atoms with E-state index in [0.29, 0.717) is 10.6 Å². The second-order valence-electron chi connectivity index (χ2n) is 6.41. The van der Waals surface area contributed by atoms with Gasteiger partial charge in [0.05, 0.1) is 5.69 Å². The lowest BCUT2D eigenvalue weighted by molar-refractivity contribution is 0.102. The van der Waals surface area contributed by atoms with E-state index in [1.165, 1.54) is 21.9 Å². The van der Waals surface area contributed by atoms with Crippen LogP contribution >= 0.6 is 11.3 Å². The van der Waals surface area contributed by atoms with E-state index < -0.39 is 5.91 Å². The van der Waals surface area contributed by atoms with Gasteiger partial charge in [0.1, 0.15) is 5.56 Å². The first-order valence-electron chi connectivity index (χ1n) is 8.47. The topological polar surface area (TPSA) is 63.5 Å². The van der Waals surface area contributed by atoms with E-state index in [2.05, 4.69) is 10.3 Å². The molecule has 0 saturated carbocycles. The summed E-state index contributed by atoms with van der Waals surface area (Å²) in [6.07, 6.45) is 1.35. The first-order valence-corrected chi connectivity index (χ1v) is 9.35. The summed E-state index contributed by atoms with van der Waals surface area (Å²) in [5.74, 6) is -0.461. The van der Waals surface area contributed by atoms with Crippen LogP contribution in [-0.2, 0) is 0 Å². The zero-order valence-corrected chi connectivity index (χ0v) is 15.7. The van der Waals surface area contributed by atoms with Gasteiger partial charge in [-0.25, -0.2) is 4.98 Å². The molecule has 0 radical (unpaired) electrons. The van der Waals surface area contributed by atoms with Crippen molar-refractivity contribution < 1.29 is 4.79 Å². The Hall–Kier alpha value is -3.25. The standard InChI is InChI=1S/C21H17N3O2S/c1-13-8-14(2)10-16(9-13)23-19(25)17-11-22-21-24(20(17)26)18(12-27-21)15-6-4-3-5-7-15/h3-12H,1-2H3,(H,23,25). The molecule has 2 aromatic heterocycles. The van der Waals surface area contributed by atoms with E-state index in [-0.39, 0.29) is 11.1 Å². The Morgan fingerprint density at radius 1 is 1.07 bits per heavy atom. The van der Waals surface area contributed by atoms with Gasteiger partial charge in [0, 0.05) is 17.3 Å². The van der Waals surface area contributed by atoms with Crippen LogP contribution < -0.4 is 10.9 Å². The number of nitrogens with zero attached hydrogens (tertiary/aromatic N) is 2. The van der Waals surface area contributed by atoms with E-state index in [0.717, 1.165) is 22.4 Å². The van der Waals surface area contributed by atoms with E-state index in [9.17, 15) is 9.59 Å². The minimum atomic E-state index is -0.461. The molecule has 0 atom stereocenters. The molecule has 0 aliphatic rings. The van der Waals surface area contributed by atoms with Crippen LogP contribution in [0.5, 0.6) is 0 Å². The summed E-state index contributed by atoms with van der Waals surface area (Å²) in [6, 6.07) is 15.4. The highest BCUT2D eigenvalue weighted by molar-refractivity contribution is 7.15. The number of fused-ring (bicyclic) bond motifs is 1. The summed E-state index contributed by atoms with van der Waals surface area (Å²) in [7, 11) is 0. The van der Waals surface area contributed by atoms with Gasteiger partial charge in [0.2, 0.25) is 0 Å². The van der Waals surface area contributed by atoms with E-state index in [1.54, 1.807) is 0 Å². The quantitative estimate of drug-likeness (QED) is 0.581. The van der Waals surface area contributed by atoms with Gasteiger partial charge in [0.25, 0.3) is 11.5 Å². The third-order valence-electron chi connectivity index (χ3n) is 4.24. The number of nitrogens with one attached hydrogen (secondary N) is 1. The zero-order chi connectivity index (χ0) is 19.0. The molecular formula is C21H17N3O2S. The molecule has 27 heavy (non-hydrogen) atoms. The molecule has 0 fully saturated rings. The van der Waals surface area contributed by atoms with Crippen LogP contribution in [-0.4, -0.2) is 15.3 Å². The van der Waals surface area contributed by atoms with Crippen molar-refractivity contribution in [2.24, 2.45) is 0 Å². The Balaban J connectivity index is 1.77. The largest absolute Gasteiger partial charge is 0.322 e. The summed E-state index contributed by atoms with van der Waals surface area (Å²) in [5.41, 5.74) is 4.02. The number of carbonyl (C=O) groups is 1. The molecule has 0 bridgehead atoms. The number of carbonyl (C=O) groups excluding carboxylic acids is 1. The first kappa shape index (κ1) is 17.2. The lowest BCUT2D eigenvalue weighted by Crippen LogP contribution is -2.26. The highest BCUT2D eigenvalue weighted by Crippen LogP contribution is 2.23. The smallest absolute Gasteiger partial charge is 0.271 e. The molecule has 5 nitrogen and oxygen atoms in total. The van der Waals surface area contributed by atoms with Gasteiger partial charge in [-0.2, -0.15) is 0 Å². The molecular weight excluding hydrogens is 358 g/mol. The van der Waals surface area contributed by atoms with Crippen molar-refractivity contribution in [3.63, 3.8) is 0 Å². The fraction of sp³-hybridized carbons (Fsp3) is 0.0952. The zero-order valence-electron chi connectivity index (χ0n) is 14.9. The van der Waals surface area contributed by atoms with Gasteiger partial charge in [-0.1, -0.05) is 36.4 Å². The number of thiazole rings is 1. The van der Waals surface area contributed by atoms with Crippen molar-refractivity contribution in [2.75, 3.05) is 5.32 Å². The Morgan fingerprint density at radius 2 is 1.78 bits per heavy atom. The molecule has 4 aromatic rings. The molecule has 0 saturated heterocycles. The summed E-state index contributed by atoms with van der Waals surface area (Å²) in [5, 5.41) is 4.69. The van der Waals surface area contributed by atoms with Gasteiger partial charge in [-0.05, 0) is 42.7 Å².